The van der Waals surface area contributed by atoms with E-state index in [1.165, 1.54) is 17.7 Å². The highest BCUT2D eigenvalue weighted by Gasteiger charge is 2.03. The van der Waals surface area contributed by atoms with Gasteiger partial charge in [-0.05, 0) is 52.2 Å². The maximum Gasteiger partial charge on any atom is 0.136 e. The summed E-state index contributed by atoms with van der Waals surface area (Å²) in [6.45, 7) is 1.05. The molecule has 0 aliphatic carbocycles. The zero-order valence-electron chi connectivity index (χ0n) is 10.4. The highest BCUT2D eigenvalue weighted by Crippen LogP contribution is 2.26. The molecule has 0 heterocycles. The second-order valence-corrected chi connectivity index (χ2v) is 5.07. The van der Waals surface area contributed by atoms with E-state index in [2.05, 4.69) is 15.9 Å². The second kappa shape index (κ2) is 6.68. The van der Waals surface area contributed by atoms with Crippen molar-refractivity contribution in [3.8, 4) is 5.75 Å². The van der Waals surface area contributed by atoms with Crippen LogP contribution in [0, 0.1) is 5.82 Å². The van der Waals surface area contributed by atoms with Crippen LogP contribution in [-0.4, -0.2) is 6.54 Å². The quantitative estimate of drug-likeness (QED) is 0.911. The molecule has 0 unspecified atom stereocenters. The molecule has 2 aromatic carbocycles. The monoisotopic (exact) mass is 323 g/mol. The van der Waals surface area contributed by atoms with E-state index in [-0.39, 0.29) is 5.82 Å². The molecule has 0 fully saturated rings. The molecule has 0 aliphatic rings. The molecule has 2 nitrogen and oxygen atoms in total. The van der Waals surface area contributed by atoms with Gasteiger partial charge in [-0.25, -0.2) is 4.39 Å². The van der Waals surface area contributed by atoms with Crippen LogP contribution in [0.5, 0.6) is 5.75 Å². The summed E-state index contributed by atoms with van der Waals surface area (Å²) in [5, 5.41) is 0. The largest absolute Gasteiger partial charge is 0.488 e. The molecular formula is C15H15BrFNO. The molecule has 2 N–H and O–H groups in total. The first-order valence-electron chi connectivity index (χ1n) is 6.05. The predicted molar refractivity (Wildman–Crippen MR) is 77.6 cm³/mol. The lowest BCUT2D eigenvalue weighted by molar-refractivity contribution is 0.302. The van der Waals surface area contributed by atoms with Crippen molar-refractivity contribution in [3.05, 3.63) is 63.9 Å². The van der Waals surface area contributed by atoms with E-state index < -0.39 is 0 Å². The van der Waals surface area contributed by atoms with Gasteiger partial charge in [0.05, 0.1) is 4.47 Å². The molecular weight excluding hydrogens is 309 g/mol. The molecule has 0 spiro atoms. The number of hydrogen-bond donors (Lipinski definition) is 1. The van der Waals surface area contributed by atoms with Crippen molar-refractivity contribution < 1.29 is 9.13 Å². The van der Waals surface area contributed by atoms with Crippen LogP contribution in [0.1, 0.15) is 11.1 Å². The lowest BCUT2D eigenvalue weighted by atomic mass is 10.1. The van der Waals surface area contributed by atoms with Crippen molar-refractivity contribution in [2.45, 2.75) is 13.0 Å². The summed E-state index contributed by atoms with van der Waals surface area (Å²) in [5.74, 6) is 0.197. The maximum atomic E-state index is 13.1. The minimum atomic E-state index is -0.309. The van der Waals surface area contributed by atoms with Crippen molar-refractivity contribution in [1.82, 2.24) is 0 Å². The zero-order chi connectivity index (χ0) is 13.7. The van der Waals surface area contributed by atoms with Crippen LogP contribution in [0.3, 0.4) is 0 Å². The Hall–Kier alpha value is -1.39. The van der Waals surface area contributed by atoms with Gasteiger partial charge in [0.15, 0.2) is 0 Å². The molecule has 100 valence electrons. The summed E-state index contributed by atoms with van der Waals surface area (Å²) < 4.78 is 19.4. The van der Waals surface area contributed by atoms with E-state index in [0.717, 1.165) is 16.5 Å². The van der Waals surface area contributed by atoms with Crippen LogP contribution in [0.2, 0.25) is 0 Å². The van der Waals surface area contributed by atoms with Crippen LogP contribution in [0.4, 0.5) is 4.39 Å². The molecule has 0 atom stereocenters. The van der Waals surface area contributed by atoms with Gasteiger partial charge >= 0.3 is 0 Å². The highest BCUT2D eigenvalue weighted by molar-refractivity contribution is 9.10. The number of halogens is 2. The topological polar surface area (TPSA) is 35.2 Å². The van der Waals surface area contributed by atoms with Gasteiger partial charge in [0.2, 0.25) is 0 Å². The van der Waals surface area contributed by atoms with Gasteiger partial charge in [-0.15, -0.1) is 0 Å². The summed E-state index contributed by atoms with van der Waals surface area (Å²) in [7, 11) is 0. The highest BCUT2D eigenvalue weighted by atomic mass is 79.9. The number of nitrogens with two attached hydrogens (primary N) is 1. The Kier molecular flexibility index (Phi) is 4.93. The van der Waals surface area contributed by atoms with Crippen molar-refractivity contribution in [1.29, 1.82) is 0 Å². The minimum absolute atomic E-state index is 0.309. The SMILES string of the molecule is NCCc1ccc(COc2cc(F)ccc2Br)cc1. The fourth-order valence-electron chi connectivity index (χ4n) is 1.72. The Balaban J connectivity index is 2.00. The van der Waals surface area contributed by atoms with Crippen LogP contribution in [0.25, 0.3) is 0 Å². The molecule has 0 bridgehead atoms. The Bertz CT molecular complexity index is 542. The number of ether oxygens (including phenoxy) is 1. The Morgan fingerprint density at radius 2 is 1.74 bits per heavy atom. The van der Waals surface area contributed by atoms with Gasteiger partial charge in [0.25, 0.3) is 0 Å². The third kappa shape index (κ3) is 4.04. The van der Waals surface area contributed by atoms with Crippen molar-refractivity contribution in [2.24, 2.45) is 5.73 Å². The van der Waals surface area contributed by atoms with Gasteiger partial charge < -0.3 is 10.5 Å². The van der Waals surface area contributed by atoms with E-state index in [0.29, 0.717) is 18.9 Å². The van der Waals surface area contributed by atoms with E-state index >= 15 is 0 Å². The number of rotatable bonds is 5. The van der Waals surface area contributed by atoms with Crippen molar-refractivity contribution in [2.75, 3.05) is 6.54 Å². The lowest BCUT2D eigenvalue weighted by Gasteiger charge is -2.09. The molecule has 0 saturated carbocycles. The van der Waals surface area contributed by atoms with Gasteiger partial charge in [0, 0.05) is 6.07 Å². The lowest BCUT2D eigenvalue weighted by Crippen LogP contribution is -2.03. The first-order chi connectivity index (χ1) is 9.19. The number of benzene rings is 2. The summed E-state index contributed by atoms with van der Waals surface area (Å²) >= 11 is 3.33. The standard InChI is InChI=1S/C15H15BrFNO/c16-14-6-5-13(17)9-15(14)19-10-12-3-1-11(2-4-12)7-8-18/h1-6,9H,7-8,10,18H2. The Morgan fingerprint density at radius 3 is 2.42 bits per heavy atom. The zero-order valence-corrected chi connectivity index (χ0v) is 12.0. The average Bonchev–Trinajstić information content (AvgIpc) is 2.42. The van der Waals surface area contributed by atoms with E-state index in [1.54, 1.807) is 6.07 Å². The second-order valence-electron chi connectivity index (χ2n) is 4.22. The summed E-state index contributed by atoms with van der Waals surface area (Å²) in [6.07, 6.45) is 0.872. The molecule has 0 saturated heterocycles. The number of hydrogen-bond acceptors (Lipinski definition) is 2. The molecule has 0 radical (unpaired) electrons. The molecule has 2 rings (SSSR count). The third-order valence-corrected chi connectivity index (χ3v) is 3.40. The van der Waals surface area contributed by atoms with Crippen molar-refractivity contribution >= 4 is 15.9 Å². The fourth-order valence-corrected chi connectivity index (χ4v) is 2.08. The maximum absolute atomic E-state index is 13.1. The Morgan fingerprint density at radius 1 is 1.05 bits per heavy atom. The molecule has 0 amide bonds. The van der Waals surface area contributed by atoms with Crippen LogP contribution in [0.15, 0.2) is 46.9 Å². The molecule has 4 heteroatoms. The van der Waals surface area contributed by atoms with E-state index in [1.807, 2.05) is 24.3 Å². The van der Waals surface area contributed by atoms with Crippen LogP contribution >= 0.6 is 15.9 Å². The van der Waals surface area contributed by atoms with E-state index in [9.17, 15) is 4.39 Å². The van der Waals surface area contributed by atoms with Crippen LogP contribution in [-0.2, 0) is 13.0 Å². The van der Waals surface area contributed by atoms with Gasteiger partial charge in [-0.3, -0.25) is 0 Å². The first-order valence-corrected chi connectivity index (χ1v) is 6.84. The Labute approximate surface area is 120 Å². The van der Waals surface area contributed by atoms with Crippen molar-refractivity contribution in [3.63, 3.8) is 0 Å². The molecule has 19 heavy (non-hydrogen) atoms. The summed E-state index contributed by atoms with van der Waals surface area (Å²) in [4.78, 5) is 0. The smallest absolute Gasteiger partial charge is 0.136 e. The normalized spacial score (nSPS) is 10.5. The van der Waals surface area contributed by atoms with E-state index in [4.69, 9.17) is 10.5 Å². The predicted octanol–water partition coefficient (Wildman–Crippen LogP) is 3.67. The third-order valence-electron chi connectivity index (χ3n) is 2.74. The molecule has 0 aliphatic heterocycles. The minimum Gasteiger partial charge on any atom is -0.488 e. The molecule has 2 aromatic rings. The average molecular weight is 324 g/mol. The van der Waals surface area contributed by atoms with Gasteiger partial charge in [-0.2, -0.15) is 0 Å². The first kappa shape index (κ1) is 14.0. The molecule has 0 aromatic heterocycles. The van der Waals surface area contributed by atoms with Gasteiger partial charge in [-0.1, -0.05) is 24.3 Å². The van der Waals surface area contributed by atoms with Gasteiger partial charge in [0.1, 0.15) is 18.2 Å². The van der Waals surface area contributed by atoms with Crippen LogP contribution < -0.4 is 10.5 Å². The fraction of sp³-hybridized carbons (Fsp3) is 0.200. The summed E-state index contributed by atoms with van der Waals surface area (Å²) in [6, 6.07) is 12.5. The summed E-state index contributed by atoms with van der Waals surface area (Å²) in [5.41, 5.74) is 7.74.